The number of ether oxygens (including phenoxy) is 1. The van der Waals surface area contributed by atoms with Gasteiger partial charge in [-0.15, -0.1) is 0 Å². The van der Waals surface area contributed by atoms with E-state index in [2.05, 4.69) is 15.6 Å². The second kappa shape index (κ2) is 11.1. The fraction of sp³-hybridized carbons (Fsp3) is 0.194. The quantitative estimate of drug-likeness (QED) is 0.220. The molecule has 2 heterocycles. The van der Waals surface area contributed by atoms with Crippen molar-refractivity contribution in [2.45, 2.75) is 6.42 Å². The summed E-state index contributed by atoms with van der Waals surface area (Å²) >= 11 is 0. The fourth-order valence-electron chi connectivity index (χ4n) is 4.70. The number of hydrogen-bond donors (Lipinski definition) is 3. The topological polar surface area (TPSA) is 107 Å². The van der Waals surface area contributed by atoms with Gasteiger partial charge in [-0.05, 0) is 74.3 Å². The molecular formula is C31H31N5O4. The number of carbonyl (C=O) groups is 3. The molecule has 0 atom stereocenters. The van der Waals surface area contributed by atoms with Crippen molar-refractivity contribution in [3.05, 3.63) is 89.6 Å². The van der Waals surface area contributed by atoms with Gasteiger partial charge in [-0.25, -0.2) is 4.79 Å². The Kier molecular flexibility index (Phi) is 7.39. The number of benzene rings is 3. The number of amides is 2. The molecular weight excluding hydrogens is 506 g/mol. The normalized spacial score (nSPS) is 13.7. The molecule has 3 N–H and O–H groups in total. The monoisotopic (exact) mass is 537 g/mol. The molecule has 0 radical (unpaired) electrons. The summed E-state index contributed by atoms with van der Waals surface area (Å²) < 4.78 is 4.84. The van der Waals surface area contributed by atoms with Crippen molar-refractivity contribution in [1.82, 2.24) is 9.88 Å². The van der Waals surface area contributed by atoms with Gasteiger partial charge in [0, 0.05) is 54.1 Å². The zero-order chi connectivity index (χ0) is 28.4. The van der Waals surface area contributed by atoms with Gasteiger partial charge in [0.1, 0.15) is 0 Å². The summed E-state index contributed by atoms with van der Waals surface area (Å²) in [6.07, 6.45) is 2.29. The van der Waals surface area contributed by atoms with E-state index in [0.717, 1.165) is 27.8 Å². The molecule has 0 saturated heterocycles. The summed E-state index contributed by atoms with van der Waals surface area (Å²) in [4.78, 5) is 44.8. The summed E-state index contributed by atoms with van der Waals surface area (Å²) in [5, 5.41) is 7.35. The number of anilines is 3. The largest absolute Gasteiger partial charge is 0.465 e. The van der Waals surface area contributed by atoms with Crippen LogP contribution in [0.1, 0.15) is 27.9 Å². The summed E-state index contributed by atoms with van der Waals surface area (Å²) in [5.74, 6) is -0.727. The number of hydrogen-bond acceptors (Lipinski definition) is 6. The number of nitrogens with zero attached hydrogens (tertiary/aromatic N) is 2. The summed E-state index contributed by atoms with van der Waals surface area (Å²) in [6, 6.07) is 20.5. The molecule has 0 fully saturated rings. The van der Waals surface area contributed by atoms with Crippen LogP contribution >= 0.6 is 0 Å². The molecule has 3 aromatic carbocycles. The Morgan fingerprint density at radius 1 is 0.925 bits per heavy atom. The Balaban J connectivity index is 1.53. The van der Waals surface area contributed by atoms with E-state index in [4.69, 9.17) is 4.74 Å². The summed E-state index contributed by atoms with van der Waals surface area (Å²) in [7, 11) is 6.97. The minimum atomic E-state index is -0.476. The SMILES string of the molecule is COC(=O)c1ccc2c(c1)NC(=O)/C2=C(\Nc1ccc(N(C)C(=O)CCN(C)C)cc1)c1ccc2[nH]ccc2c1. The van der Waals surface area contributed by atoms with Crippen LogP contribution in [0.25, 0.3) is 22.2 Å². The third kappa shape index (κ3) is 5.32. The van der Waals surface area contributed by atoms with Crippen LogP contribution < -0.4 is 15.5 Å². The first-order valence-electron chi connectivity index (χ1n) is 12.9. The lowest BCUT2D eigenvalue weighted by atomic mass is 9.98. The number of H-pyrrole nitrogens is 1. The Bertz CT molecular complexity index is 1640. The van der Waals surface area contributed by atoms with E-state index in [9.17, 15) is 14.4 Å². The molecule has 9 nitrogen and oxygen atoms in total. The van der Waals surface area contributed by atoms with Crippen LogP contribution in [-0.4, -0.2) is 62.5 Å². The Morgan fingerprint density at radius 2 is 1.68 bits per heavy atom. The Labute approximate surface area is 232 Å². The van der Waals surface area contributed by atoms with E-state index in [-0.39, 0.29) is 11.8 Å². The maximum Gasteiger partial charge on any atom is 0.337 e. The number of rotatable bonds is 8. The standard InChI is InChI=1S/C31H31N5O4/c1-35(2)16-14-27(37)36(3)23-9-7-22(8-10-23)33-29(20-6-12-25-19(17-20)13-15-32-25)28-24-11-5-21(31(39)40-4)18-26(24)34-30(28)38/h5-13,15,17-18,32-33H,14,16H2,1-4H3,(H,34,38)/b29-28-. The van der Waals surface area contributed by atoms with Crippen molar-refractivity contribution in [2.24, 2.45) is 0 Å². The number of aromatic nitrogens is 1. The smallest absolute Gasteiger partial charge is 0.337 e. The van der Waals surface area contributed by atoms with Gasteiger partial charge in [-0.2, -0.15) is 0 Å². The Morgan fingerprint density at radius 3 is 2.40 bits per heavy atom. The number of methoxy groups -OCH3 is 1. The highest BCUT2D eigenvalue weighted by Gasteiger charge is 2.29. The number of nitrogens with one attached hydrogen (secondary N) is 3. The highest BCUT2D eigenvalue weighted by Crippen LogP contribution is 2.39. The Hall–Kier alpha value is -4.89. The van der Waals surface area contributed by atoms with Crippen molar-refractivity contribution < 1.29 is 19.1 Å². The van der Waals surface area contributed by atoms with Crippen LogP contribution in [-0.2, 0) is 14.3 Å². The number of esters is 1. The van der Waals surface area contributed by atoms with E-state index in [1.807, 2.05) is 73.7 Å². The van der Waals surface area contributed by atoms with Crippen LogP contribution in [0.5, 0.6) is 0 Å². The molecule has 0 aliphatic carbocycles. The van der Waals surface area contributed by atoms with Crippen LogP contribution in [0.2, 0.25) is 0 Å². The predicted molar refractivity (Wildman–Crippen MR) is 158 cm³/mol. The zero-order valence-electron chi connectivity index (χ0n) is 22.9. The van der Waals surface area contributed by atoms with Gasteiger partial charge in [-0.3, -0.25) is 9.59 Å². The molecule has 1 aromatic heterocycles. The minimum absolute atomic E-state index is 0.0302. The van der Waals surface area contributed by atoms with Gasteiger partial charge in [0.2, 0.25) is 5.91 Å². The number of carbonyl (C=O) groups excluding carboxylic acids is 3. The second-order valence-corrected chi connectivity index (χ2v) is 9.91. The molecule has 0 spiro atoms. The van der Waals surface area contributed by atoms with E-state index in [1.54, 1.807) is 30.1 Å². The van der Waals surface area contributed by atoms with Crippen LogP contribution in [0.3, 0.4) is 0 Å². The first-order valence-corrected chi connectivity index (χ1v) is 12.9. The predicted octanol–water partition coefficient (Wildman–Crippen LogP) is 4.80. The second-order valence-electron chi connectivity index (χ2n) is 9.91. The zero-order valence-corrected chi connectivity index (χ0v) is 22.9. The lowest BCUT2D eigenvalue weighted by Gasteiger charge is -2.20. The first kappa shape index (κ1) is 26.7. The molecule has 5 rings (SSSR count). The van der Waals surface area contributed by atoms with Gasteiger partial charge in [0.25, 0.3) is 5.91 Å². The van der Waals surface area contributed by atoms with Gasteiger partial charge in [0.05, 0.1) is 29.6 Å². The van der Waals surface area contributed by atoms with Crippen LogP contribution in [0.15, 0.2) is 72.9 Å². The third-order valence-electron chi connectivity index (χ3n) is 6.95. The molecule has 0 saturated carbocycles. The molecule has 40 heavy (non-hydrogen) atoms. The molecule has 1 aliphatic rings. The first-order chi connectivity index (χ1) is 19.2. The van der Waals surface area contributed by atoms with Crippen LogP contribution in [0.4, 0.5) is 17.1 Å². The fourth-order valence-corrected chi connectivity index (χ4v) is 4.70. The van der Waals surface area contributed by atoms with Crippen LogP contribution in [0, 0.1) is 0 Å². The molecule has 0 unspecified atom stereocenters. The number of aromatic amines is 1. The minimum Gasteiger partial charge on any atom is -0.465 e. The molecule has 204 valence electrons. The van der Waals surface area contributed by atoms with E-state index in [0.29, 0.717) is 41.1 Å². The average Bonchev–Trinajstić information content (AvgIpc) is 3.56. The van der Waals surface area contributed by atoms with E-state index >= 15 is 0 Å². The van der Waals surface area contributed by atoms with Crippen molar-refractivity contribution in [1.29, 1.82) is 0 Å². The van der Waals surface area contributed by atoms with Crippen molar-refractivity contribution >= 4 is 57.0 Å². The average molecular weight is 538 g/mol. The molecule has 4 aromatic rings. The van der Waals surface area contributed by atoms with Gasteiger partial charge in [-0.1, -0.05) is 12.1 Å². The lowest BCUT2D eigenvalue weighted by Crippen LogP contribution is -2.29. The van der Waals surface area contributed by atoms with Gasteiger partial charge < -0.3 is 30.2 Å². The third-order valence-corrected chi connectivity index (χ3v) is 6.95. The molecule has 0 bridgehead atoms. The van der Waals surface area contributed by atoms with Gasteiger partial charge >= 0.3 is 5.97 Å². The summed E-state index contributed by atoms with van der Waals surface area (Å²) in [6.45, 7) is 0.676. The van der Waals surface area contributed by atoms with E-state index < -0.39 is 5.97 Å². The molecule has 2 amide bonds. The van der Waals surface area contributed by atoms with Crippen molar-refractivity contribution in [3.63, 3.8) is 0 Å². The van der Waals surface area contributed by atoms with Crippen molar-refractivity contribution in [3.8, 4) is 0 Å². The maximum atomic E-state index is 13.3. The lowest BCUT2D eigenvalue weighted by molar-refractivity contribution is -0.118. The maximum absolute atomic E-state index is 13.3. The number of fused-ring (bicyclic) bond motifs is 2. The molecule has 9 heteroatoms. The highest BCUT2D eigenvalue weighted by atomic mass is 16.5. The van der Waals surface area contributed by atoms with Gasteiger partial charge in [0.15, 0.2) is 0 Å². The van der Waals surface area contributed by atoms with Crippen molar-refractivity contribution in [2.75, 3.05) is 50.3 Å². The van der Waals surface area contributed by atoms with E-state index in [1.165, 1.54) is 7.11 Å². The molecule has 1 aliphatic heterocycles. The summed E-state index contributed by atoms with van der Waals surface area (Å²) in [5.41, 5.74) is 5.98. The highest BCUT2D eigenvalue weighted by molar-refractivity contribution is 6.37.